The molecule has 8 heteroatoms. The average Bonchev–Trinajstić information content (AvgIpc) is 2.83. The van der Waals surface area contributed by atoms with Crippen molar-refractivity contribution < 1.29 is 35.5 Å². The van der Waals surface area contributed by atoms with Crippen molar-refractivity contribution in [3.8, 4) is 16.9 Å². The van der Waals surface area contributed by atoms with E-state index in [0.717, 1.165) is 49.4 Å². The van der Waals surface area contributed by atoms with Gasteiger partial charge in [0.15, 0.2) is 29.0 Å². The van der Waals surface area contributed by atoms with E-state index in [1.807, 2.05) is 0 Å². The number of ether oxygens (including phenoxy) is 1. The van der Waals surface area contributed by atoms with E-state index in [1.165, 1.54) is 18.9 Å². The lowest BCUT2D eigenvalue weighted by Crippen LogP contribution is -2.22. The molecule has 0 spiro atoms. The Balaban J connectivity index is 1.46. The van der Waals surface area contributed by atoms with Crippen LogP contribution >= 0.6 is 0 Å². The maximum Gasteiger partial charge on any atom is 0.426 e. The molecule has 0 bridgehead atoms. The summed E-state index contributed by atoms with van der Waals surface area (Å²) in [5.41, 5.74) is -1.04. The van der Waals surface area contributed by atoms with Crippen molar-refractivity contribution in [2.75, 3.05) is 0 Å². The highest BCUT2D eigenvalue weighted by Crippen LogP contribution is 2.36. The predicted molar refractivity (Wildman–Crippen MR) is 122 cm³/mol. The second-order valence-electron chi connectivity index (χ2n) is 9.50. The molecule has 0 aliphatic heterocycles. The third-order valence-corrected chi connectivity index (χ3v) is 6.81. The Bertz CT molecular complexity index is 1210. The second kappa shape index (κ2) is 10.5. The van der Waals surface area contributed by atoms with E-state index >= 15 is 0 Å². The number of alkyl halides is 2. The van der Waals surface area contributed by atoms with Crippen LogP contribution in [0.4, 0.5) is 30.7 Å². The van der Waals surface area contributed by atoms with Gasteiger partial charge in [0.1, 0.15) is 5.82 Å². The summed E-state index contributed by atoms with van der Waals surface area (Å²) in [6.07, 6.45) is 2.06. The summed E-state index contributed by atoms with van der Waals surface area (Å²) in [6.45, 7) is 2.23. The van der Waals surface area contributed by atoms with Gasteiger partial charge in [-0.2, -0.15) is 8.78 Å². The monoisotopic (exact) mass is 510 g/mol. The van der Waals surface area contributed by atoms with Crippen LogP contribution in [0, 0.1) is 40.9 Å². The fraction of sp³-hybridized carbons (Fsp3) is 0.357. The molecule has 36 heavy (non-hydrogen) atoms. The smallest absolute Gasteiger partial charge is 0.426 e. The van der Waals surface area contributed by atoms with Gasteiger partial charge in [-0.1, -0.05) is 44.7 Å². The van der Waals surface area contributed by atoms with E-state index in [9.17, 15) is 30.7 Å². The number of hydrogen-bond donors (Lipinski definition) is 0. The van der Waals surface area contributed by atoms with Crippen molar-refractivity contribution in [2.24, 2.45) is 11.8 Å². The van der Waals surface area contributed by atoms with Crippen LogP contribution in [0.2, 0.25) is 0 Å². The maximum absolute atomic E-state index is 14.7. The molecule has 1 nitrogen and oxygen atoms in total. The van der Waals surface area contributed by atoms with Crippen LogP contribution in [0.3, 0.4) is 0 Å². The Labute approximate surface area is 204 Å². The normalized spacial score (nSPS) is 18.3. The van der Waals surface area contributed by atoms with Crippen LogP contribution in [-0.4, -0.2) is 0 Å². The van der Waals surface area contributed by atoms with Crippen molar-refractivity contribution >= 4 is 0 Å². The van der Waals surface area contributed by atoms with Crippen LogP contribution in [0.1, 0.15) is 50.2 Å². The lowest BCUT2D eigenvalue weighted by atomic mass is 9.80. The predicted octanol–water partition coefficient (Wildman–Crippen LogP) is 8.94. The SMILES string of the molecule is CC1CCC(CCc2ccc(OC(F)(F)c3ccc(-c4cc(F)c(F)c(F)c4)c(F)c3)c(F)c2)CC1. The standard InChI is InChI=1S/C28H25F7O/c1-16-2-4-17(5-3-16)6-7-18-8-11-26(23(30)12-18)36-28(34,35)20-9-10-21(22(29)15-20)19-13-24(31)27(33)25(32)14-19/h8-17H,2-7H2,1H3. The van der Waals surface area contributed by atoms with Crippen LogP contribution in [-0.2, 0) is 12.5 Å². The van der Waals surface area contributed by atoms with Gasteiger partial charge in [-0.25, -0.2) is 22.0 Å². The molecular formula is C28H25F7O. The molecule has 0 N–H and O–H groups in total. The lowest BCUT2D eigenvalue weighted by molar-refractivity contribution is -0.187. The van der Waals surface area contributed by atoms with E-state index in [0.29, 0.717) is 36.1 Å². The molecule has 4 rings (SSSR count). The summed E-state index contributed by atoms with van der Waals surface area (Å²) in [6, 6.07) is 6.99. The summed E-state index contributed by atoms with van der Waals surface area (Å²) < 4.78 is 103. The zero-order valence-electron chi connectivity index (χ0n) is 19.6. The zero-order valence-corrected chi connectivity index (χ0v) is 19.6. The Morgan fingerprint density at radius 2 is 1.44 bits per heavy atom. The van der Waals surface area contributed by atoms with Gasteiger partial charge in [0.2, 0.25) is 0 Å². The summed E-state index contributed by atoms with van der Waals surface area (Å²) in [7, 11) is 0. The lowest BCUT2D eigenvalue weighted by Gasteiger charge is -2.26. The van der Waals surface area contributed by atoms with E-state index in [4.69, 9.17) is 0 Å². The molecule has 0 amide bonds. The van der Waals surface area contributed by atoms with Crippen molar-refractivity contribution in [1.29, 1.82) is 0 Å². The average molecular weight is 510 g/mol. The summed E-state index contributed by atoms with van der Waals surface area (Å²) in [5, 5.41) is 0. The summed E-state index contributed by atoms with van der Waals surface area (Å²) >= 11 is 0. The Hall–Kier alpha value is -3.03. The first-order valence-electron chi connectivity index (χ1n) is 11.8. The Morgan fingerprint density at radius 1 is 0.778 bits per heavy atom. The minimum absolute atomic E-state index is 0.371. The van der Waals surface area contributed by atoms with Gasteiger partial charge in [0.05, 0.1) is 5.56 Å². The third-order valence-electron chi connectivity index (χ3n) is 6.81. The second-order valence-corrected chi connectivity index (χ2v) is 9.50. The molecule has 0 atom stereocenters. The fourth-order valence-corrected chi connectivity index (χ4v) is 4.61. The van der Waals surface area contributed by atoms with Crippen LogP contribution in [0.15, 0.2) is 48.5 Å². The first kappa shape index (κ1) is 26.0. The van der Waals surface area contributed by atoms with E-state index in [-0.39, 0.29) is 5.56 Å². The molecule has 1 fully saturated rings. The topological polar surface area (TPSA) is 9.23 Å². The minimum atomic E-state index is -4.10. The summed E-state index contributed by atoms with van der Waals surface area (Å²) in [4.78, 5) is 0. The van der Waals surface area contributed by atoms with Gasteiger partial charge in [0, 0.05) is 5.56 Å². The Morgan fingerprint density at radius 3 is 2.06 bits per heavy atom. The van der Waals surface area contributed by atoms with Gasteiger partial charge in [-0.3, -0.25) is 0 Å². The largest absolute Gasteiger partial charge is 0.426 e. The quantitative estimate of drug-likeness (QED) is 0.228. The van der Waals surface area contributed by atoms with Crippen molar-refractivity contribution in [1.82, 2.24) is 0 Å². The molecule has 1 saturated carbocycles. The first-order chi connectivity index (χ1) is 17.0. The molecule has 0 radical (unpaired) electrons. The molecule has 3 aromatic carbocycles. The molecule has 0 aromatic heterocycles. The summed E-state index contributed by atoms with van der Waals surface area (Å²) in [5.74, 6) is -6.41. The van der Waals surface area contributed by atoms with Crippen molar-refractivity contribution in [3.05, 3.63) is 88.7 Å². The van der Waals surface area contributed by atoms with Gasteiger partial charge in [-0.15, -0.1) is 0 Å². The number of rotatable bonds is 7. The molecule has 3 aromatic rings. The molecule has 0 heterocycles. The van der Waals surface area contributed by atoms with Gasteiger partial charge >= 0.3 is 6.11 Å². The molecular weight excluding hydrogens is 485 g/mol. The van der Waals surface area contributed by atoms with Gasteiger partial charge in [-0.05, 0) is 72.2 Å². The number of aryl methyl sites for hydroxylation is 1. The molecule has 1 aliphatic rings. The van der Waals surface area contributed by atoms with E-state index < -0.39 is 52.1 Å². The maximum atomic E-state index is 14.7. The molecule has 0 saturated heterocycles. The fourth-order valence-electron chi connectivity index (χ4n) is 4.61. The van der Waals surface area contributed by atoms with Gasteiger partial charge < -0.3 is 4.74 Å². The number of hydrogen-bond acceptors (Lipinski definition) is 1. The molecule has 192 valence electrons. The highest BCUT2D eigenvalue weighted by atomic mass is 19.3. The van der Waals surface area contributed by atoms with E-state index in [1.54, 1.807) is 0 Å². The number of halogens is 7. The minimum Gasteiger partial charge on any atom is -0.426 e. The van der Waals surface area contributed by atoms with Crippen LogP contribution < -0.4 is 4.74 Å². The van der Waals surface area contributed by atoms with Gasteiger partial charge in [0.25, 0.3) is 0 Å². The molecule has 1 aliphatic carbocycles. The number of benzene rings is 3. The van der Waals surface area contributed by atoms with Crippen LogP contribution in [0.25, 0.3) is 11.1 Å². The first-order valence-corrected chi connectivity index (χ1v) is 11.8. The highest BCUT2D eigenvalue weighted by molar-refractivity contribution is 5.65. The highest BCUT2D eigenvalue weighted by Gasteiger charge is 2.36. The third kappa shape index (κ3) is 5.85. The van der Waals surface area contributed by atoms with Crippen LogP contribution in [0.5, 0.6) is 5.75 Å². The molecule has 0 unspecified atom stereocenters. The van der Waals surface area contributed by atoms with E-state index in [2.05, 4.69) is 11.7 Å². The Kier molecular flexibility index (Phi) is 7.62. The zero-order chi connectivity index (χ0) is 26.0. The van der Waals surface area contributed by atoms with Crippen molar-refractivity contribution in [2.45, 2.75) is 51.6 Å². The van der Waals surface area contributed by atoms with Crippen molar-refractivity contribution in [3.63, 3.8) is 0 Å².